The summed E-state index contributed by atoms with van der Waals surface area (Å²) in [6.45, 7) is 7.67. The van der Waals surface area contributed by atoms with E-state index in [9.17, 15) is 14.4 Å². The highest BCUT2D eigenvalue weighted by Crippen LogP contribution is 2.29. The van der Waals surface area contributed by atoms with E-state index >= 15 is 0 Å². The Kier molecular flexibility index (Phi) is 7.31. The standard InChI is InChI=1S/C24H35N3O5/c1-24(2,3)27-15-17(14-22(27)29)23(30)26-10-8-18(9-11-26)25-21(28)13-16-6-7-19(31-4)20(12-16)32-5/h6-7,12,17-18H,8-11,13-15H2,1-5H3,(H,25,28). The minimum atomic E-state index is -0.267. The Morgan fingerprint density at radius 3 is 2.31 bits per heavy atom. The number of amides is 3. The number of ether oxygens (including phenoxy) is 2. The smallest absolute Gasteiger partial charge is 0.227 e. The molecule has 0 saturated carbocycles. The number of carbonyl (C=O) groups excluding carboxylic acids is 3. The van der Waals surface area contributed by atoms with Crippen LogP contribution in [-0.2, 0) is 20.8 Å². The maximum atomic E-state index is 12.9. The molecule has 1 aromatic rings. The topological polar surface area (TPSA) is 88.2 Å². The van der Waals surface area contributed by atoms with E-state index in [4.69, 9.17) is 9.47 Å². The van der Waals surface area contributed by atoms with Gasteiger partial charge in [0.05, 0.1) is 26.6 Å². The van der Waals surface area contributed by atoms with Crippen molar-refractivity contribution in [2.24, 2.45) is 5.92 Å². The van der Waals surface area contributed by atoms with Gasteiger partial charge in [0.1, 0.15) is 0 Å². The van der Waals surface area contributed by atoms with Crippen molar-refractivity contribution in [3.63, 3.8) is 0 Å². The molecular weight excluding hydrogens is 410 g/mol. The summed E-state index contributed by atoms with van der Waals surface area (Å²) in [6, 6.07) is 5.50. The van der Waals surface area contributed by atoms with Gasteiger partial charge in [-0.05, 0) is 51.3 Å². The summed E-state index contributed by atoms with van der Waals surface area (Å²) in [6.07, 6.45) is 1.98. The summed E-state index contributed by atoms with van der Waals surface area (Å²) >= 11 is 0. The van der Waals surface area contributed by atoms with Crippen molar-refractivity contribution >= 4 is 17.7 Å². The van der Waals surface area contributed by atoms with Crippen LogP contribution < -0.4 is 14.8 Å². The fourth-order valence-corrected chi connectivity index (χ4v) is 4.48. The third kappa shape index (κ3) is 5.53. The fraction of sp³-hybridized carbons (Fsp3) is 0.625. The minimum Gasteiger partial charge on any atom is -0.493 e. The quantitative estimate of drug-likeness (QED) is 0.724. The zero-order valence-electron chi connectivity index (χ0n) is 19.8. The van der Waals surface area contributed by atoms with Crippen LogP contribution in [0.5, 0.6) is 11.5 Å². The first-order valence-electron chi connectivity index (χ1n) is 11.2. The Morgan fingerprint density at radius 2 is 1.75 bits per heavy atom. The van der Waals surface area contributed by atoms with Crippen molar-refractivity contribution in [3.05, 3.63) is 23.8 Å². The summed E-state index contributed by atoms with van der Waals surface area (Å²) < 4.78 is 10.5. The molecular formula is C24H35N3O5. The largest absolute Gasteiger partial charge is 0.493 e. The molecule has 0 spiro atoms. The lowest BCUT2D eigenvalue weighted by molar-refractivity contribution is -0.137. The van der Waals surface area contributed by atoms with E-state index in [1.807, 2.05) is 37.8 Å². The van der Waals surface area contributed by atoms with E-state index in [1.165, 1.54) is 0 Å². The number of hydrogen-bond donors (Lipinski definition) is 1. The molecule has 8 heteroatoms. The zero-order valence-corrected chi connectivity index (χ0v) is 19.8. The molecule has 0 bridgehead atoms. The van der Waals surface area contributed by atoms with Gasteiger partial charge >= 0.3 is 0 Å². The summed E-state index contributed by atoms with van der Waals surface area (Å²) in [5, 5.41) is 3.09. The minimum absolute atomic E-state index is 0.0444. The van der Waals surface area contributed by atoms with Crippen LogP contribution in [-0.4, -0.2) is 73.0 Å². The zero-order chi connectivity index (χ0) is 23.5. The lowest BCUT2D eigenvalue weighted by Gasteiger charge is -2.35. The average Bonchev–Trinajstić information content (AvgIpc) is 3.15. The first-order valence-corrected chi connectivity index (χ1v) is 11.2. The van der Waals surface area contributed by atoms with Gasteiger partial charge < -0.3 is 24.6 Å². The molecule has 3 amide bonds. The van der Waals surface area contributed by atoms with Gasteiger partial charge in [0.25, 0.3) is 0 Å². The van der Waals surface area contributed by atoms with Crippen molar-refractivity contribution in [2.75, 3.05) is 33.9 Å². The first kappa shape index (κ1) is 23.9. The van der Waals surface area contributed by atoms with Crippen LogP contribution in [0.15, 0.2) is 18.2 Å². The van der Waals surface area contributed by atoms with Gasteiger partial charge in [-0.15, -0.1) is 0 Å². The summed E-state index contributed by atoms with van der Waals surface area (Å²) in [4.78, 5) is 41.4. The van der Waals surface area contributed by atoms with Crippen LogP contribution in [0.2, 0.25) is 0 Å². The average molecular weight is 446 g/mol. The Bertz CT molecular complexity index is 856. The van der Waals surface area contributed by atoms with Gasteiger partial charge in [-0.2, -0.15) is 0 Å². The van der Waals surface area contributed by atoms with Crippen LogP contribution in [0.4, 0.5) is 0 Å². The number of piperidine rings is 1. The van der Waals surface area contributed by atoms with E-state index in [-0.39, 0.29) is 48.1 Å². The number of carbonyl (C=O) groups is 3. The first-order chi connectivity index (χ1) is 15.1. The number of rotatable bonds is 6. The van der Waals surface area contributed by atoms with Crippen LogP contribution in [0.1, 0.15) is 45.6 Å². The lowest BCUT2D eigenvalue weighted by Crippen LogP contribution is -2.49. The van der Waals surface area contributed by atoms with E-state index in [0.29, 0.717) is 44.0 Å². The van der Waals surface area contributed by atoms with Crippen LogP contribution in [0, 0.1) is 5.92 Å². The number of nitrogens with one attached hydrogen (secondary N) is 1. The van der Waals surface area contributed by atoms with E-state index in [0.717, 1.165) is 5.56 Å². The monoisotopic (exact) mass is 445 g/mol. The lowest BCUT2D eigenvalue weighted by atomic mass is 10.0. The predicted octanol–water partition coefficient (Wildman–Crippen LogP) is 2.00. The van der Waals surface area contributed by atoms with Crippen molar-refractivity contribution in [3.8, 4) is 11.5 Å². The Morgan fingerprint density at radius 1 is 1.09 bits per heavy atom. The van der Waals surface area contributed by atoms with E-state index in [2.05, 4.69) is 5.32 Å². The molecule has 176 valence electrons. The predicted molar refractivity (Wildman–Crippen MR) is 121 cm³/mol. The van der Waals surface area contributed by atoms with Crippen LogP contribution in [0.25, 0.3) is 0 Å². The highest BCUT2D eigenvalue weighted by Gasteiger charge is 2.41. The van der Waals surface area contributed by atoms with Gasteiger partial charge in [-0.1, -0.05) is 6.07 Å². The van der Waals surface area contributed by atoms with Crippen molar-refractivity contribution < 1.29 is 23.9 Å². The third-order valence-electron chi connectivity index (χ3n) is 6.27. The van der Waals surface area contributed by atoms with Crippen molar-refractivity contribution in [2.45, 2.75) is 58.0 Å². The molecule has 3 rings (SSSR count). The van der Waals surface area contributed by atoms with Crippen molar-refractivity contribution in [1.82, 2.24) is 15.1 Å². The highest BCUT2D eigenvalue weighted by molar-refractivity contribution is 5.89. The number of methoxy groups -OCH3 is 2. The van der Waals surface area contributed by atoms with Gasteiger partial charge in [-0.25, -0.2) is 0 Å². The number of hydrogen-bond acceptors (Lipinski definition) is 5. The molecule has 0 aliphatic carbocycles. The Hall–Kier alpha value is -2.77. The highest BCUT2D eigenvalue weighted by atomic mass is 16.5. The second-order valence-electron chi connectivity index (χ2n) is 9.61. The van der Waals surface area contributed by atoms with E-state index in [1.54, 1.807) is 25.2 Å². The number of nitrogens with zero attached hydrogens (tertiary/aromatic N) is 2. The maximum absolute atomic E-state index is 12.9. The second kappa shape index (κ2) is 9.79. The molecule has 0 radical (unpaired) electrons. The van der Waals surface area contributed by atoms with Gasteiger partial charge in [-0.3, -0.25) is 14.4 Å². The third-order valence-corrected chi connectivity index (χ3v) is 6.27. The van der Waals surface area contributed by atoms with Crippen LogP contribution in [0.3, 0.4) is 0 Å². The number of benzene rings is 1. The van der Waals surface area contributed by atoms with E-state index < -0.39 is 0 Å². The molecule has 1 N–H and O–H groups in total. The normalized spacial score (nSPS) is 19.8. The Labute approximate surface area is 190 Å². The van der Waals surface area contributed by atoms with Gasteiger partial charge in [0.2, 0.25) is 17.7 Å². The molecule has 0 aromatic heterocycles. The Balaban J connectivity index is 1.47. The van der Waals surface area contributed by atoms with Crippen molar-refractivity contribution in [1.29, 1.82) is 0 Å². The summed E-state index contributed by atoms with van der Waals surface area (Å²) in [5.41, 5.74) is 0.583. The molecule has 2 aliphatic heterocycles. The maximum Gasteiger partial charge on any atom is 0.227 e. The van der Waals surface area contributed by atoms with Gasteiger partial charge in [0.15, 0.2) is 11.5 Å². The molecule has 1 unspecified atom stereocenters. The summed E-state index contributed by atoms with van der Waals surface area (Å²) in [7, 11) is 3.14. The SMILES string of the molecule is COc1ccc(CC(=O)NC2CCN(C(=O)C3CC(=O)N(C(C)(C)C)C3)CC2)cc1OC. The fourth-order valence-electron chi connectivity index (χ4n) is 4.48. The molecule has 2 saturated heterocycles. The summed E-state index contributed by atoms with van der Waals surface area (Å²) in [5.74, 6) is 1.01. The molecule has 8 nitrogen and oxygen atoms in total. The second-order valence-corrected chi connectivity index (χ2v) is 9.61. The number of likely N-dealkylation sites (tertiary alicyclic amines) is 2. The molecule has 2 heterocycles. The molecule has 2 fully saturated rings. The molecule has 32 heavy (non-hydrogen) atoms. The molecule has 2 aliphatic rings. The molecule has 1 aromatic carbocycles. The molecule has 1 atom stereocenters. The van der Waals surface area contributed by atoms with Crippen LogP contribution >= 0.6 is 0 Å². The van der Waals surface area contributed by atoms with Gasteiger partial charge in [0, 0.05) is 37.6 Å².